The Morgan fingerprint density at radius 2 is 1.72 bits per heavy atom. The van der Waals surface area contributed by atoms with Crippen molar-refractivity contribution in [3.8, 4) is 0 Å². The van der Waals surface area contributed by atoms with Crippen LogP contribution in [-0.4, -0.2) is 38.8 Å². The van der Waals surface area contributed by atoms with Crippen LogP contribution in [-0.2, 0) is 9.53 Å². The molecule has 4 nitrogen and oxygen atoms in total. The van der Waals surface area contributed by atoms with Crippen molar-refractivity contribution in [3.05, 3.63) is 35.9 Å². The Balaban J connectivity index is 0. The first-order valence-electron chi connectivity index (χ1n) is 9.00. The van der Waals surface area contributed by atoms with Gasteiger partial charge < -0.3 is 39.8 Å². The number of nitrogens with one attached hydrogen (secondary N) is 1. The minimum absolute atomic E-state index is 0. The van der Waals surface area contributed by atoms with Crippen LogP contribution >= 0.6 is 0 Å². The van der Waals surface area contributed by atoms with Gasteiger partial charge in [-0.05, 0) is 19.8 Å². The fourth-order valence-electron chi connectivity index (χ4n) is 2.52. The zero-order valence-corrected chi connectivity index (χ0v) is 17.4. The SMILES string of the molecule is CCC(C)COC(=O)C([NH2+]CC[NH+](CC)CC)c1ccccc1.[Cl-].[Cl-]. The van der Waals surface area contributed by atoms with Crippen LogP contribution in [0.15, 0.2) is 30.3 Å². The Hall–Kier alpha value is -0.810. The molecular formula is C19H34Cl2N2O2. The summed E-state index contributed by atoms with van der Waals surface area (Å²) in [6.07, 6.45) is 1.03. The molecule has 0 heterocycles. The maximum Gasteiger partial charge on any atom is 0.369 e. The number of carbonyl (C=O) groups is 1. The number of likely N-dealkylation sites (N-methyl/N-ethyl adjacent to an activating group) is 1. The van der Waals surface area contributed by atoms with Crippen LogP contribution in [0.1, 0.15) is 45.7 Å². The molecule has 0 saturated carbocycles. The van der Waals surface area contributed by atoms with Crippen molar-refractivity contribution in [3.63, 3.8) is 0 Å². The molecule has 0 aliphatic heterocycles. The van der Waals surface area contributed by atoms with E-state index in [0.29, 0.717) is 12.5 Å². The number of esters is 1. The average Bonchev–Trinajstić information content (AvgIpc) is 2.60. The summed E-state index contributed by atoms with van der Waals surface area (Å²) in [6.45, 7) is 13.4. The molecule has 0 bridgehead atoms. The van der Waals surface area contributed by atoms with Gasteiger partial charge in [-0.15, -0.1) is 0 Å². The molecule has 6 heteroatoms. The van der Waals surface area contributed by atoms with Crippen molar-refractivity contribution in [2.75, 3.05) is 32.8 Å². The highest BCUT2D eigenvalue weighted by molar-refractivity contribution is 5.75. The molecule has 146 valence electrons. The molecule has 0 aliphatic rings. The molecule has 0 fully saturated rings. The molecule has 0 saturated heterocycles. The lowest BCUT2D eigenvalue weighted by Crippen LogP contribution is -3.14. The van der Waals surface area contributed by atoms with E-state index in [1.165, 1.54) is 0 Å². The molecule has 25 heavy (non-hydrogen) atoms. The average molecular weight is 393 g/mol. The number of benzene rings is 1. The summed E-state index contributed by atoms with van der Waals surface area (Å²) < 4.78 is 5.54. The highest BCUT2D eigenvalue weighted by Gasteiger charge is 2.26. The van der Waals surface area contributed by atoms with Crippen LogP contribution in [0.5, 0.6) is 0 Å². The first kappa shape index (κ1) is 26.4. The predicted octanol–water partition coefficient (Wildman–Crippen LogP) is -5.19. The largest absolute Gasteiger partial charge is 1.00 e. The second-order valence-electron chi connectivity index (χ2n) is 6.26. The summed E-state index contributed by atoms with van der Waals surface area (Å²) >= 11 is 0. The van der Waals surface area contributed by atoms with E-state index in [-0.39, 0.29) is 36.8 Å². The number of quaternary nitrogens is 2. The van der Waals surface area contributed by atoms with Gasteiger partial charge in [0.25, 0.3) is 0 Å². The van der Waals surface area contributed by atoms with E-state index in [9.17, 15) is 4.79 Å². The normalized spacial score (nSPS) is 12.7. The van der Waals surface area contributed by atoms with Crippen molar-refractivity contribution in [2.24, 2.45) is 5.92 Å². The molecule has 0 spiro atoms. The van der Waals surface area contributed by atoms with Gasteiger partial charge in [-0.1, -0.05) is 50.6 Å². The van der Waals surface area contributed by atoms with Gasteiger partial charge in [0.05, 0.1) is 19.7 Å². The second kappa shape index (κ2) is 15.4. The molecular weight excluding hydrogens is 359 g/mol. The van der Waals surface area contributed by atoms with E-state index in [1.54, 1.807) is 4.90 Å². The van der Waals surface area contributed by atoms with Gasteiger partial charge in [0, 0.05) is 5.56 Å². The molecule has 3 N–H and O–H groups in total. The molecule has 1 aromatic rings. The summed E-state index contributed by atoms with van der Waals surface area (Å²) in [5.41, 5.74) is 1.02. The third kappa shape index (κ3) is 10.0. The number of carbonyl (C=O) groups excluding carboxylic acids is 1. The Labute approximate surface area is 165 Å². The van der Waals surface area contributed by atoms with Gasteiger partial charge in [0.15, 0.2) is 0 Å². The molecule has 0 radical (unpaired) electrons. The summed E-state index contributed by atoms with van der Waals surface area (Å²) in [4.78, 5) is 14.1. The summed E-state index contributed by atoms with van der Waals surface area (Å²) in [5.74, 6) is 0.293. The van der Waals surface area contributed by atoms with Gasteiger partial charge in [-0.3, -0.25) is 0 Å². The highest BCUT2D eigenvalue weighted by atomic mass is 35.5. The van der Waals surface area contributed by atoms with Gasteiger partial charge in [0.2, 0.25) is 6.04 Å². The van der Waals surface area contributed by atoms with Crippen LogP contribution in [0.3, 0.4) is 0 Å². The van der Waals surface area contributed by atoms with Gasteiger partial charge in [-0.25, -0.2) is 4.79 Å². The van der Waals surface area contributed by atoms with E-state index < -0.39 is 0 Å². The van der Waals surface area contributed by atoms with Crippen LogP contribution < -0.4 is 35.0 Å². The third-order valence-electron chi connectivity index (χ3n) is 4.52. The van der Waals surface area contributed by atoms with Gasteiger partial charge in [0.1, 0.15) is 13.1 Å². The quantitative estimate of drug-likeness (QED) is 0.370. The highest BCUT2D eigenvalue weighted by Crippen LogP contribution is 2.11. The fraction of sp³-hybridized carbons (Fsp3) is 0.632. The van der Waals surface area contributed by atoms with E-state index in [4.69, 9.17) is 4.74 Å². The number of halogens is 2. The van der Waals surface area contributed by atoms with Crippen LogP contribution in [0.4, 0.5) is 0 Å². The Morgan fingerprint density at radius 1 is 1.12 bits per heavy atom. The zero-order chi connectivity index (χ0) is 17.1. The number of nitrogens with two attached hydrogens (primary N) is 1. The predicted molar refractivity (Wildman–Crippen MR) is 93.3 cm³/mol. The van der Waals surface area contributed by atoms with E-state index in [2.05, 4.69) is 33.0 Å². The van der Waals surface area contributed by atoms with Crippen molar-refractivity contribution in [2.45, 2.75) is 40.2 Å². The first-order chi connectivity index (χ1) is 11.1. The summed E-state index contributed by atoms with van der Waals surface area (Å²) in [6, 6.07) is 9.70. The fourth-order valence-corrected chi connectivity index (χ4v) is 2.52. The van der Waals surface area contributed by atoms with E-state index in [1.807, 2.05) is 30.3 Å². The van der Waals surface area contributed by atoms with Gasteiger partial charge in [-0.2, -0.15) is 0 Å². The van der Waals surface area contributed by atoms with Crippen molar-refractivity contribution in [1.82, 2.24) is 0 Å². The van der Waals surface area contributed by atoms with Crippen molar-refractivity contribution < 1.29 is 44.6 Å². The lowest BCUT2D eigenvalue weighted by molar-refractivity contribution is -0.910. The maximum atomic E-state index is 12.5. The molecule has 2 unspecified atom stereocenters. The Bertz CT molecular complexity index is 442. The smallest absolute Gasteiger partial charge is 0.369 e. The summed E-state index contributed by atoms with van der Waals surface area (Å²) in [7, 11) is 0. The van der Waals surface area contributed by atoms with Crippen molar-refractivity contribution in [1.29, 1.82) is 0 Å². The lowest BCUT2D eigenvalue weighted by atomic mass is 10.1. The second-order valence-corrected chi connectivity index (χ2v) is 6.26. The molecule has 1 aromatic carbocycles. The minimum Gasteiger partial charge on any atom is -1.00 e. The topological polar surface area (TPSA) is 47.3 Å². The lowest BCUT2D eigenvalue weighted by Gasteiger charge is -2.19. The molecule has 1 rings (SSSR count). The van der Waals surface area contributed by atoms with Crippen LogP contribution in [0.25, 0.3) is 0 Å². The molecule has 0 aromatic heterocycles. The van der Waals surface area contributed by atoms with Crippen LogP contribution in [0, 0.1) is 5.92 Å². The van der Waals surface area contributed by atoms with Crippen LogP contribution in [0.2, 0.25) is 0 Å². The maximum absolute atomic E-state index is 12.5. The zero-order valence-electron chi connectivity index (χ0n) is 15.9. The minimum atomic E-state index is -0.254. The molecule has 0 aliphatic carbocycles. The van der Waals surface area contributed by atoms with Crippen molar-refractivity contribution >= 4 is 5.97 Å². The number of hydrogen-bond donors (Lipinski definition) is 2. The molecule has 2 atom stereocenters. The number of ether oxygens (including phenoxy) is 1. The molecule has 0 amide bonds. The number of hydrogen-bond acceptors (Lipinski definition) is 2. The first-order valence-corrected chi connectivity index (χ1v) is 9.00. The monoisotopic (exact) mass is 392 g/mol. The third-order valence-corrected chi connectivity index (χ3v) is 4.52. The van der Waals surface area contributed by atoms with E-state index >= 15 is 0 Å². The van der Waals surface area contributed by atoms with E-state index in [0.717, 1.165) is 38.2 Å². The van der Waals surface area contributed by atoms with Gasteiger partial charge >= 0.3 is 5.97 Å². The number of rotatable bonds is 11. The summed E-state index contributed by atoms with van der Waals surface area (Å²) in [5, 5.41) is 2.12. The Morgan fingerprint density at radius 3 is 2.24 bits per heavy atom. The Kier molecular flexibility index (Phi) is 16.3. The standard InChI is InChI=1S/C19H32N2O2.2ClH/c1-5-16(4)15-23-19(22)18(17-11-9-8-10-12-17)20-13-14-21(6-2)7-3;;/h8-12,16,18,20H,5-7,13-15H2,1-4H3;2*1H.